The van der Waals surface area contributed by atoms with Gasteiger partial charge >= 0.3 is 0 Å². The normalized spacial score (nSPS) is 10.3. The maximum Gasteiger partial charge on any atom is 0.259 e. The minimum Gasteiger partial charge on any atom is -0.289 e. The van der Waals surface area contributed by atoms with Crippen molar-refractivity contribution in [2.75, 3.05) is 5.32 Å². The predicted octanol–water partition coefficient (Wildman–Crippen LogP) is 2.33. The minimum absolute atomic E-state index is 0.240. The van der Waals surface area contributed by atoms with Crippen LogP contribution < -0.4 is 5.32 Å². The molecule has 0 saturated carbocycles. The zero-order valence-electron chi connectivity index (χ0n) is 9.41. The molecule has 0 saturated heterocycles. The van der Waals surface area contributed by atoms with E-state index in [2.05, 4.69) is 20.5 Å². The van der Waals surface area contributed by atoms with Crippen LogP contribution >= 0.6 is 11.6 Å². The monoisotopic (exact) mass is 250 g/mol. The van der Waals surface area contributed by atoms with Crippen LogP contribution in [0.3, 0.4) is 0 Å². The lowest BCUT2D eigenvalue weighted by Crippen LogP contribution is -2.13. The summed E-state index contributed by atoms with van der Waals surface area (Å²) in [4.78, 5) is 15.8. The molecular formula is C11H11ClN4O. The lowest BCUT2D eigenvalue weighted by molar-refractivity contribution is 0.102. The quantitative estimate of drug-likeness (QED) is 0.859. The Morgan fingerprint density at radius 1 is 1.41 bits per heavy atom. The summed E-state index contributed by atoms with van der Waals surface area (Å²) >= 11 is 5.99. The fourth-order valence-corrected chi connectivity index (χ4v) is 1.69. The van der Waals surface area contributed by atoms with Crippen molar-refractivity contribution < 1.29 is 4.79 Å². The van der Waals surface area contributed by atoms with Crippen LogP contribution in [0.25, 0.3) is 0 Å². The number of amides is 1. The summed E-state index contributed by atoms with van der Waals surface area (Å²) in [5, 5.41) is 9.43. The summed E-state index contributed by atoms with van der Waals surface area (Å²) in [5.41, 5.74) is 1.40. The van der Waals surface area contributed by atoms with Gasteiger partial charge in [-0.3, -0.25) is 15.2 Å². The van der Waals surface area contributed by atoms with Crippen LogP contribution in [0.1, 0.15) is 21.7 Å². The maximum absolute atomic E-state index is 11.9. The summed E-state index contributed by atoms with van der Waals surface area (Å²) in [6.07, 6.45) is 0. The fraction of sp³-hybridized carbons (Fsp3) is 0.182. The molecule has 1 aromatic heterocycles. The number of hydrogen-bond donors (Lipinski definition) is 2. The van der Waals surface area contributed by atoms with Gasteiger partial charge in [0.05, 0.1) is 10.6 Å². The first-order chi connectivity index (χ1) is 8.06. The second-order valence-electron chi connectivity index (χ2n) is 3.68. The molecule has 2 N–H and O–H groups in total. The number of nitrogens with one attached hydrogen (secondary N) is 2. The number of nitrogens with zero attached hydrogens (tertiary/aromatic N) is 2. The van der Waals surface area contributed by atoms with E-state index in [1.807, 2.05) is 13.0 Å². The zero-order chi connectivity index (χ0) is 12.4. The molecule has 0 radical (unpaired) electrons. The van der Waals surface area contributed by atoms with Gasteiger partial charge in [-0.15, -0.1) is 5.10 Å². The number of aromatic amines is 1. The molecular weight excluding hydrogens is 240 g/mol. The van der Waals surface area contributed by atoms with Crippen molar-refractivity contribution >= 4 is 23.5 Å². The average molecular weight is 251 g/mol. The van der Waals surface area contributed by atoms with Crippen LogP contribution in [-0.4, -0.2) is 21.1 Å². The number of aryl methyl sites for hydroxylation is 2. The van der Waals surface area contributed by atoms with Crippen molar-refractivity contribution in [3.8, 4) is 0 Å². The van der Waals surface area contributed by atoms with E-state index in [1.54, 1.807) is 19.1 Å². The molecule has 0 atom stereocenters. The standard InChI is InChI=1S/C11H11ClN4O/c1-6-3-4-8(9(12)5-6)10(17)14-11-13-7(2)15-16-11/h3-5H,1-2H3,(H2,13,14,15,16,17). The zero-order valence-corrected chi connectivity index (χ0v) is 10.2. The molecule has 2 rings (SSSR count). The molecule has 0 aliphatic heterocycles. The average Bonchev–Trinajstić information content (AvgIpc) is 2.63. The largest absolute Gasteiger partial charge is 0.289 e. The molecule has 88 valence electrons. The van der Waals surface area contributed by atoms with Crippen molar-refractivity contribution in [1.29, 1.82) is 0 Å². The smallest absolute Gasteiger partial charge is 0.259 e. The second-order valence-corrected chi connectivity index (χ2v) is 4.09. The van der Waals surface area contributed by atoms with Gasteiger partial charge < -0.3 is 0 Å². The van der Waals surface area contributed by atoms with Crippen LogP contribution in [0.4, 0.5) is 5.95 Å². The van der Waals surface area contributed by atoms with E-state index < -0.39 is 0 Å². The number of anilines is 1. The number of benzene rings is 1. The Morgan fingerprint density at radius 3 is 2.76 bits per heavy atom. The molecule has 0 unspecified atom stereocenters. The molecule has 6 heteroatoms. The highest BCUT2D eigenvalue weighted by Crippen LogP contribution is 2.18. The van der Waals surface area contributed by atoms with Crippen LogP contribution in [0.15, 0.2) is 18.2 Å². The van der Waals surface area contributed by atoms with E-state index in [0.717, 1.165) is 5.56 Å². The van der Waals surface area contributed by atoms with Gasteiger partial charge in [0.1, 0.15) is 5.82 Å². The van der Waals surface area contributed by atoms with E-state index in [9.17, 15) is 4.79 Å². The third-order valence-electron chi connectivity index (χ3n) is 2.19. The van der Waals surface area contributed by atoms with Gasteiger partial charge in [0.15, 0.2) is 0 Å². The van der Waals surface area contributed by atoms with Crippen LogP contribution in [0.2, 0.25) is 5.02 Å². The van der Waals surface area contributed by atoms with E-state index >= 15 is 0 Å². The molecule has 1 aromatic carbocycles. The molecule has 0 aliphatic rings. The summed E-state index contributed by atoms with van der Waals surface area (Å²) in [5.74, 6) is 0.549. The third-order valence-corrected chi connectivity index (χ3v) is 2.50. The molecule has 0 fully saturated rings. The van der Waals surface area contributed by atoms with Gasteiger partial charge in [0.2, 0.25) is 5.95 Å². The van der Waals surface area contributed by atoms with Crippen molar-refractivity contribution in [2.45, 2.75) is 13.8 Å². The topological polar surface area (TPSA) is 70.7 Å². The first-order valence-corrected chi connectivity index (χ1v) is 5.40. The second kappa shape index (κ2) is 4.55. The molecule has 0 aliphatic carbocycles. The van der Waals surface area contributed by atoms with Gasteiger partial charge in [-0.25, -0.2) is 0 Å². The Kier molecular flexibility index (Phi) is 3.10. The van der Waals surface area contributed by atoms with Gasteiger partial charge in [0, 0.05) is 0 Å². The Balaban J connectivity index is 2.20. The van der Waals surface area contributed by atoms with Gasteiger partial charge in [-0.05, 0) is 31.5 Å². The van der Waals surface area contributed by atoms with Crippen LogP contribution in [0.5, 0.6) is 0 Å². The molecule has 2 aromatic rings. The SMILES string of the molecule is Cc1ccc(C(=O)Nc2n[nH]c(C)n2)c(Cl)c1. The molecule has 0 bridgehead atoms. The van der Waals surface area contributed by atoms with E-state index in [-0.39, 0.29) is 11.9 Å². The number of rotatable bonds is 2. The highest BCUT2D eigenvalue weighted by Gasteiger charge is 2.12. The van der Waals surface area contributed by atoms with Crippen molar-refractivity contribution in [1.82, 2.24) is 15.2 Å². The molecule has 1 amide bonds. The highest BCUT2D eigenvalue weighted by molar-refractivity contribution is 6.34. The highest BCUT2D eigenvalue weighted by atomic mass is 35.5. The molecule has 1 heterocycles. The third kappa shape index (κ3) is 2.62. The number of H-pyrrole nitrogens is 1. The Morgan fingerprint density at radius 2 is 2.18 bits per heavy atom. The summed E-state index contributed by atoms with van der Waals surface area (Å²) in [6, 6.07) is 5.23. The lowest BCUT2D eigenvalue weighted by atomic mass is 10.1. The van der Waals surface area contributed by atoms with Crippen molar-refractivity contribution in [2.24, 2.45) is 0 Å². The lowest BCUT2D eigenvalue weighted by Gasteiger charge is -2.04. The predicted molar refractivity (Wildman–Crippen MR) is 65.3 cm³/mol. The van der Waals surface area contributed by atoms with Crippen molar-refractivity contribution in [3.63, 3.8) is 0 Å². The fourth-order valence-electron chi connectivity index (χ4n) is 1.37. The molecule has 0 spiro atoms. The number of aromatic nitrogens is 3. The van der Waals surface area contributed by atoms with Crippen LogP contribution in [-0.2, 0) is 0 Å². The Labute approximate surface area is 103 Å². The summed E-state index contributed by atoms with van der Waals surface area (Å²) in [7, 11) is 0. The van der Waals surface area contributed by atoms with Gasteiger partial charge in [0.25, 0.3) is 5.91 Å². The Bertz CT molecular complexity index is 564. The number of carbonyl (C=O) groups excluding carboxylic acids is 1. The molecule has 17 heavy (non-hydrogen) atoms. The number of hydrogen-bond acceptors (Lipinski definition) is 3. The van der Waals surface area contributed by atoms with Crippen LogP contribution in [0, 0.1) is 13.8 Å². The maximum atomic E-state index is 11.9. The van der Waals surface area contributed by atoms with Gasteiger partial charge in [-0.1, -0.05) is 17.7 Å². The van der Waals surface area contributed by atoms with E-state index in [4.69, 9.17) is 11.6 Å². The Hall–Kier alpha value is -1.88. The van der Waals surface area contributed by atoms with E-state index in [1.165, 1.54) is 0 Å². The van der Waals surface area contributed by atoms with Crippen molar-refractivity contribution in [3.05, 3.63) is 40.2 Å². The summed E-state index contributed by atoms with van der Waals surface area (Å²) < 4.78 is 0. The summed E-state index contributed by atoms with van der Waals surface area (Å²) in [6.45, 7) is 3.66. The molecule has 5 nitrogen and oxygen atoms in total. The van der Waals surface area contributed by atoms with Gasteiger partial charge in [-0.2, -0.15) is 4.98 Å². The van der Waals surface area contributed by atoms with E-state index in [0.29, 0.717) is 16.4 Å². The first kappa shape index (κ1) is 11.6. The first-order valence-electron chi connectivity index (χ1n) is 5.03. The minimum atomic E-state index is -0.325. The number of carbonyl (C=O) groups is 1. The number of halogens is 1.